The molecule has 1 aromatic heterocycles. The Hall–Kier alpha value is -3.45. The maximum Gasteiger partial charge on any atom is 0.411 e. The zero-order chi connectivity index (χ0) is 24.5. The van der Waals surface area contributed by atoms with Crippen LogP contribution in [0.5, 0.6) is 0 Å². The number of rotatable bonds is 6. The number of aliphatic hydroxyl groups is 1. The van der Waals surface area contributed by atoms with E-state index in [9.17, 15) is 19.5 Å². The van der Waals surface area contributed by atoms with E-state index in [-0.39, 0.29) is 6.04 Å². The largest absolute Gasteiger partial charge is 0.618 e. The second-order valence-corrected chi connectivity index (χ2v) is 9.52. The number of nitrogens with zero attached hydrogens (tertiary/aromatic N) is 2. The van der Waals surface area contributed by atoms with E-state index in [1.54, 1.807) is 30.9 Å². The molecule has 0 aliphatic carbocycles. The molecule has 0 radical (unpaired) electrons. The zero-order valence-electron chi connectivity index (χ0n) is 19.6. The van der Waals surface area contributed by atoms with Crippen molar-refractivity contribution < 1.29 is 23.8 Å². The fourth-order valence-corrected chi connectivity index (χ4v) is 4.68. The molecule has 1 aliphatic heterocycles. The summed E-state index contributed by atoms with van der Waals surface area (Å²) in [4.78, 5) is 14.9. The minimum atomic E-state index is -1.02. The first-order chi connectivity index (χ1) is 16.1. The molecule has 2 aromatic carbocycles. The predicted molar refractivity (Wildman–Crippen MR) is 126 cm³/mol. The number of benzene rings is 2. The monoisotopic (exact) mass is 464 g/mol. The van der Waals surface area contributed by atoms with E-state index >= 15 is 0 Å². The SMILES string of the molecule is C[C@@H](c1ccc(-c2ccc(F)c[n+]2[O-])cc1)N1CCC(CC(C)(C)O)(c2ccccc2)OC1=O. The van der Waals surface area contributed by atoms with Crippen molar-refractivity contribution in [3.63, 3.8) is 0 Å². The molecule has 2 atom stereocenters. The second-order valence-electron chi connectivity index (χ2n) is 9.52. The number of hydrogen-bond donors (Lipinski definition) is 1. The van der Waals surface area contributed by atoms with Gasteiger partial charge in [0, 0.05) is 31.0 Å². The van der Waals surface area contributed by atoms with Gasteiger partial charge in [-0.15, -0.1) is 0 Å². The van der Waals surface area contributed by atoms with Crippen LogP contribution >= 0.6 is 0 Å². The number of aromatic nitrogens is 1. The number of ether oxygens (including phenoxy) is 1. The highest BCUT2D eigenvalue weighted by Crippen LogP contribution is 2.42. The molecule has 1 saturated heterocycles. The van der Waals surface area contributed by atoms with Gasteiger partial charge in [-0.2, -0.15) is 4.73 Å². The zero-order valence-corrected chi connectivity index (χ0v) is 19.6. The van der Waals surface area contributed by atoms with Crippen molar-refractivity contribution in [2.24, 2.45) is 0 Å². The molecular weight excluding hydrogens is 435 g/mol. The number of carbonyl (C=O) groups excluding carboxylic acids is 1. The van der Waals surface area contributed by atoms with Crippen molar-refractivity contribution in [3.8, 4) is 11.3 Å². The van der Waals surface area contributed by atoms with Gasteiger partial charge in [-0.05, 0) is 50.1 Å². The fraction of sp³-hybridized carbons (Fsp3) is 0.333. The second kappa shape index (κ2) is 9.06. The van der Waals surface area contributed by atoms with Crippen LogP contribution in [0.1, 0.15) is 50.8 Å². The van der Waals surface area contributed by atoms with Crippen LogP contribution < -0.4 is 4.73 Å². The molecule has 7 heteroatoms. The molecule has 0 bridgehead atoms. The lowest BCUT2D eigenvalue weighted by atomic mass is 9.80. The highest BCUT2D eigenvalue weighted by molar-refractivity contribution is 5.70. The number of cyclic esters (lactones) is 1. The van der Waals surface area contributed by atoms with Gasteiger partial charge in [0.15, 0.2) is 5.82 Å². The van der Waals surface area contributed by atoms with Gasteiger partial charge < -0.3 is 20.0 Å². The normalized spacial score (nSPS) is 19.6. The molecule has 0 saturated carbocycles. The highest BCUT2D eigenvalue weighted by atomic mass is 19.1. The van der Waals surface area contributed by atoms with Gasteiger partial charge in [0.2, 0.25) is 11.9 Å². The maximum absolute atomic E-state index is 13.2. The quantitative estimate of drug-likeness (QED) is 0.407. The molecule has 1 N–H and O–H groups in total. The van der Waals surface area contributed by atoms with E-state index in [1.807, 2.05) is 49.4 Å². The Morgan fingerprint density at radius 3 is 2.41 bits per heavy atom. The van der Waals surface area contributed by atoms with E-state index in [1.165, 1.54) is 12.1 Å². The first kappa shape index (κ1) is 23.7. The Kier molecular flexibility index (Phi) is 6.32. The number of hydrogen-bond acceptors (Lipinski definition) is 4. The minimum Gasteiger partial charge on any atom is -0.618 e. The smallest absolute Gasteiger partial charge is 0.411 e. The summed E-state index contributed by atoms with van der Waals surface area (Å²) in [6.45, 7) is 5.82. The van der Waals surface area contributed by atoms with Gasteiger partial charge in [-0.25, -0.2) is 9.18 Å². The Morgan fingerprint density at radius 1 is 1.15 bits per heavy atom. The molecule has 1 aliphatic rings. The van der Waals surface area contributed by atoms with E-state index in [4.69, 9.17) is 4.74 Å². The number of amides is 1. The van der Waals surface area contributed by atoms with Gasteiger partial charge in [0.1, 0.15) is 5.60 Å². The Labute approximate surface area is 198 Å². The summed E-state index contributed by atoms with van der Waals surface area (Å²) in [6.07, 6.45) is 1.29. The van der Waals surface area contributed by atoms with Crippen molar-refractivity contribution in [3.05, 3.63) is 95.1 Å². The number of halogens is 1. The molecule has 4 rings (SSSR count). The Morgan fingerprint density at radius 2 is 1.82 bits per heavy atom. The molecule has 2 heterocycles. The average Bonchev–Trinajstić information content (AvgIpc) is 2.78. The van der Waals surface area contributed by atoms with Gasteiger partial charge >= 0.3 is 6.09 Å². The van der Waals surface area contributed by atoms with Crippen LogP contribution in [0.25, 0.3) is 11.3 Å². The van der Waals surface area contributed by atoms with E-state index in [0.29, 0.717) is 35.4 Å². The third-order valence-corrected chi connectivity index (χ3v) is 6.33. The number of carbonyl (C=O) groups is 1. The lowest BCUT2D eigenvalue weighted by Gasteiger charge is -2.45. The molecular formula is C27H29FN2O4. The van der Waals surface area contributed by atoms with Crippen LogP contribution in [0.15, 0.2) is 72.9 Å². The van der Waals surface area contributed by atoms with Crippen molar-refractivity contribution in [1.29, 1.82) is 0 Å². The van der Waals surface area contributed by atoms with Crippen molar-refractivity contribution in [2.75, 3.05) is 6.54 Å². The standard InChI is InChI=1S/C27H29FN2O4/c1-19(20-9-11-21(12-10-20)24-14-13-23(28)17-30(24)33)29-16-15-27(34-25(29)31,18-26(2,3)32)22-7-5-4-6-8-22/h4-14,17,19,32H,15-16,18H2,1-3H3/t19-,27?/m0/s1. The lowest BCUT2D eigenvalue weighted by Crippen LogP contribution is -2.51. The van der Waals surface area contributed by atoms with E-state index < -0.39 is 23.1 Å². The van der Waals surface area contributed by atoms with Gasteiger partial charge in [0.05, 0.1) is 11.6 Å². The summed E-state index contributed by atoms with van der Waals surface area (Å²) >= 11 is 0. The van der Waals surface area contributed by atoms with Crippen molar-refractivity contribution in [2.45, 2.75) is 50.9 Å². The molecule has 0 spiro atoms. The summed E-state index contributed by atoms with van der Waals surface area (Å²) in [5.74, 6) is -0.594. The summed E-state index contributed by atoms with van der Waals surface area (Å²) in [5, 5.41) is 22.6. The molecule has 3 aromatic rings. The molecule has 6 nitrogen and oxygen atoms in total. The van der Waals surface area contributed by atoms with Crippen LogP contribution in [0.2, 0.25) is 0 Å². The third-order valence-electron chi connectivity index (χ3n) is 6.33. The van der Waals surface area contributed by atoms with Crippen LogP contribution in [0, 0.1) is 11.0 Å². The van der Waals surface area contributed by atoms with Gasteiger partial charge in [-0.3, -0.25) is 0 Å². The fourth-order valence-electron chi connectivity index (χ4n) is 4.68. The first-order valence-electron chi connectivity index (χ1n) is 11.3. The van der Waals surface area contributed by atoms with Crippen molar-refractivity contribution >= 4 is 6.09 Å². The van der Waals surface area contributed by atoms with E-state index in [0.717, 1.165) is 17.3 Å². The molecule has 1 amide bonds. The molecule has 1 fully saturated rings. The van der Waals surface area contributed by atoms with Crippen LogP contribution in [-0.2, 0) is 10.3 Å². The summed E-state index contributed by atoms with van der Waals surface area (Å²) in [6, 6.07) is 19.3. The van der Waals surface area contributed by atoms with Crippen LogP contribution in [0.4, 0.5) is 9.18 Å². The Bertz CT molecular complexity index is 1160. The highest BCUT2D eigenvalue weighted by Gasteiger charge is 2.46. The maximum atomic E-state index is 13.2. The molecule has 34 heavy (non-hydrogen) atoms. The predicted octanol–water partition coefficient (Wildman–Crippen LogP) is 5.09. The average molecular weight is 465 g/mol. The Balaban J connectivity index is 1.54. The minimum absolute atomic E-state index is 0.259. The van der Waals surface area contributed by atoms with Gasteiger partial charge in [-0.1, -0.05) is 42.5 Å². The van der Waals surface area contributed by atoms with Crippen LogP contribution in [-0.4, -0.2) is 28.2 Å². The number of pyridine rings is 1. The first-order valence-corrected chi connectivity index (χ1v) is 11.3. The van der Waals surface area contributed by atoms with Gasteiger partial charge in [0.25, 0.3) is 0 Å². The summed E-state index contributed by atoms with van der Waals surface area (Å²) in [7, 11) is 0. The van der Waals surface area contributed by atoms with Crippen molar-refractivity contribution in [1.82, 2.24) is 4.90 Å². The lowest BCUT2D eigenvalue weighted by molar-refractivity contribution is -0.595. The van der Waals surface area contributed by atoms with E-state index in [2.05, 4.69) is 0 Å². The summed E-state index contributed by atoms with van der Waals surface area (Å²) in [5.41, 5.74) is 0.833. The topological polar surface area (TPSA) is 76.7 Å². The molecule has 1 unspecified atom stereocenters. The third kappa shape index (κ3) is 4.89. The summed E-state index contributed by atoms with van der Waals surface area (Å²) < 4.78 is 19.8. The van der Waals surface area contributed by atoms with Crippen LogP contribution in [0.3, 0.4) is 0 Å². The molecule has 178 valence electrons.